The van der Waals surface area contributed by atoms with Crippen LogP contribution in [0.5, 0.6) is 0 Å². The number of hydrogen-bond donors (Lipinski definition) is 2. The van der Waals surface area contributed by atoms with Crippen molar-refractivity contribution in [2.45, 2.75) is 12.8 Å². The molecule has 2 aromatic carbocycles. The van der Waals surface area contributed by atoms with Crippen LogP contribution in [0.25, 0.3) is 11.3 Å². The van der Waals surface area contributed by atoms with Crippen LogP contribution in [-0.2, 0) is 9.53 Å². The molecule has 1 atom stereocenters. The van der Waals surface area contributed by atoms with E-state index in [4.69, 9.17) is 4.74 Å². The van der Waals surface area contributed by atoms with Gasteiger partial charge in [0.05, 0.1) is 11.6 Å². The number of amides is 1. The van der Waals surface area contributed by atoms with Gasteiger partial charge in [0.2, 0.25) is 5.91 Å². The summed E-state index contributed by atoms with van der Waals surface area (Å²) in [4.78, 5) is 36.3. The van der Waals surface area contributed by atoms with Crippen molar-refractivity contribution in [3.05, 3.63) is 71.4 Å². The van der Waals surface area contributed by atoms with Crippen LogP contribution in [0.2, 0.25) is 0 Å². The van der Waals surface area contributed by atoms with Gasteiger partial charge in [0.1, 0.15) is 5.69 Å². The van der Waals surface area contributed by atoms with Gasteiger partial charge in [-0.05, 0) is 36.8 Å². The maximum atomic E-state index is 12.4. The van der Waals surface area contributed by atoms with Gasteiger partial charge < -0.3 is 10.1 Å². The molecule has 140 valence electrons. The number of rotatable bonds is 5. The minimum Gasteiger partial charge on any atom is -0.453 e. The van der Waals surface area contributed by atoms with Gasteiger partial charge in [0, 0.05) is 16.8 Å². The van der Waals surface area contributed by atoms with E-state index in [0.29, 0.717) is 16.9 Å². The van der Waals surface area contributed by atoms with E-state index in [1.807, 2.05) is 30.3 Å². The van der Waals surface area contributed by atoms with Crippen molar-refractivity contribution < 1.29 is 19.1 Å². The van der Waals surface area contributed by atoms with E-state index in [0.717, 1.165) is 11.1 Å². The molecule has 1 amide bonds. The zero-order valence-electron chi connectivity index (χ0n) is 15.1. The van der Waals surface area contributed by atoms with Crippen LogP contribution in [-0.4, -0.2) is 34.5 Å². The Morgan fingerprint density at radius 3 is 2.68 bits per heavy atom. The first-order chi connectivity index (χ1) is 13.5. The first-order valence-corrected chi connectivity index (χ1v) is 8.79. The zero-order valence-corrected chi connectivity index (χ0v) is 15.1. The number of H-pyrrole nitrogens is 1. The van der Waals surface area contributed by atoms with Gasteiger partial charge in [-0.1, -0.05) is 30.3 Å². The second-order valence-electron chi connectivity index (χ2n) is 6.55. The highest BCUT2D eigenvalue weighted by Gasteiger charge is 2.27. The van der Waals surface area contributed by atoms with Crippen LogP contribution < -0.4 is 5.32 Å². The number of anilines is 1. The topological polar surface area (TPSA) is 101 Å². The molecule has 4 rings (SSSR count). The molecule has 1 aromatic heterocycles. The third kappa shape index (κ3) is 3.29. The molecule has 0 bridgehead atoms. The van der Waals surface area contributed by atoms with Gasteiger partial charge in [-0.3, -0.25) is 14.7 Å². The molecule has 3 aromatic rings. The lowest BCUT2D eigenvalue weighted by Gasteiger charge is -2.06. The maximum Gasteiger partial charge on any atom is 0.356 e. The van der Waals surface area contributed by atoms with E-state index in [1.54, 1.807) is 31.2 Å². The summed E-state index contributed by atoms with van der Waals surface area (Å²) in [6.07, 6.45) is 0. The quantitative estimate of drug-likeness (QED) is 0.527. The fraction of sp³-hybridized carbons (Fsp3) is 0.143. The highest BCUT2D eigenvalue weighted by Crippen LogP contribution is 2.32. The summed E-state index contributed by atoms with van der Waals surface area (Å²) in [5.74, 6) is -1.41. The summed E-state index contributed by atoms with van der Waals surface area (Å²) in [5, 5.41) is 9.48. The number of esters is 1. The monoisotopic (exact) mass is 375 g/mol. The number of Topliss-reactive ketones (excluding diaryl/α,β-unsaturated/α-hetero) is 1. The lowest BCUT2D eigenvalue weighted by atomic mass is 9.99. The number of nitrogens with zero attached hydrogens (tertiary/aromatic N) is 1. The average Bonchev–Trinajstić information content (AvgIpc) is 3.32. The van der Waals surface area contributed by atoms with Gasteiger partial charge in [-0.25, -0.2) is 4.79 Å². The van der Waals surface area contributed by atoms with E-state index in [2.05, 4.69) is 15.5 Å². The summed E-state index contributed by atoms with van der Waals surface area (Å²) in [5.41, 5.74) is 3.52. The smallest absolute Gasteiger partial charge is 0.356 e. The van der Waals surface area contributed by atoms with E-state index in [9.17, 15) is 14.4 Å². The molecule has 2 N–H and O–H groups in total. The van der Waals surface area contributed by atoms with Crippen LogP contribution in [0.1, 0.15) is 39.3 Å². The SMILES string of the molecule is C[C@H]1C(=O)Nc2ccc(C(=O)COC(=O)c3cc(-c4ccccc4)n[nH]3)cc21. The fourth-order valence-electron chi connectivity index (χ4n) is 3.07. The standard InChI is InChI=1S/C21H17N3O4/c1-12-15-9-14(7-8-16(15)22-20(12)26)19(25)11-28-21(27)18-10-17(23-24-18)13-5-3-2-4-6-13/h2-10,12H,11H2,1H3,(H,22,26)(H,23,24)/t12-/m1/s1. The number of aromatic amines is 1. The van der Waals surface area contributed by atoms with E-state index < -0.39 is 12.6 Å². The molecular formula is C21H17N3O4. The number of carbonyl (C=O) groups is 3. The predicted octanol–water partition coefficient (Wildman–Crippen LogP) is 3.17. The fourth-order valence-corrected chi connectivity index (χ4v) is 3.07. The summed E-state index contributed by atoms with van der Waals surface area (Å²) < 4.78 is 5.12. The second kappa shape index (κ2) is 7.11. The minimum atomic E-state index is -0.658. The van der Waals surface area contributed by atoms with E-state index in [1.165, 1.54) is 0 Å². The van der Waals surface area contributed by atoms with Crippen LogP contribution >= 0.6 is 0 Å². The number of ether oxygens (including phenoxy) is 1. The molecular weight excluding hydrogens is 358 g/mol. The number of fused-ring (bicyclic) bond motifs is 1. The van der Waals surface area contributed by atoms with Crippen molar-refractivity contribution in [1.82, 2.24) is 10.2 Å². The molecule has 7 nitrogen and oxygen atoms in total. The third-order valence-corrected chi connectivity index (χ3v) is 4.69. The molecule has 28 heavy (non-hydrogen) atoms. The molecule has 2 heterocycles. The van der Waals surface area contributed by atoms with Crippen molar-refractivity contribution in [1.29, 1.82) is 0 Å². The molecule has 0 unspecified atom stereocenters. The second-order valence-corrected chi connectivity index (χ2v) is 6.55. The van der Waals surface area contributed by atoms with Crippen molar-refractivity contribution in [3.8, 4) is 11.3 Å². The lowest BCUT2D eigenvalue weighted by molar-refractivity contribution is -0.116. The predicted molar refractivity (Wildman–Crippen MR) is 102 cm³/mol. The number of ketones is 1. The first-order valence-electron chi connectivity index (χ1n) is 8.79. The van der Waals surface area contributed by atoms with Crippen LogP contribution in [0.15, 0.2) is 54.6 Å². The number of hydrogen-bond acceptors (Lipinski definition) is 5. The first kappa shape index (κ1) is 17.7. The van der Waals surface area contributed by atoms with E-state index in [-0.39, 0.29) is 23.3 Å². The van der Waals surface area contributed by atoms with Gasteiger partial charge >= 0.3 is 5.97 Å². The number of nitrogens with one attached hydrogen (secondary N) is 2. The highest BCUT2D eigenvalue weighted by molar-refractivity contribution is 6.05. The Morgan fingerprint density at radius 2 is 1.89 bits per heavy atom. The number of benzene rings is 2. The summed E-state index contributed by atoms with van der Waals surface area (Å²) in [6, 6.07) is 15.9. The number of aromatic nitrogens is 2. The Labute approximate surface area is 160 Å². The van der Waals surface area contributed by atoms with Crippen LogP contribution in [0, 0.1) is 0 Å². The Hall–Kier alpha value is -3.74. The third-order valence-electron chi connectivity index (χ3n) is 4.69. The van der Waals surface area contributed by atoms with E-state index >= 15 is 0 Å². The lowest BCUT2D eigenvalue weighted by Crippen LogP contribution is -2.14. The van der Waals surface area contributed by atoms with Crippen molar-refractivity contribution in [2.75, 3.05) is 11.9 Å². The molecule has 0 aliphatic carbocycles. The highest BCUT2D eigenvalue weighted by atomic mass is 16.5. The molecule has 0 saturated carbocycles. The summed E-state index contributed by atoms with van der Waals surface area (Å²) >= 11 is 0. The average molecular weight is 375 g/mol. The summed E-state index contributed by atoms with van der Waals surface area (Å²) in [7, 11) is 0. The Morgan fingerprint density at radius 1 is 1.11 bits per heavy atom. The molecule has 1 aliphatic heterocycles. The van der Waals surface area contributed by atoms with Crippen molar-refractivity contribution in [3.63, 3.8) is 0 Å². The van der Waals surface area contributed by atoms with Gasteiger partial charge in [-0.15, -0.1) is 0 Å². The summed E-state index contributed by atoms with van der Waals surface area (Å²) in [6.45, 7) is 1.38. The Kier molecular flexibility index (Phi) is 4.49. The maximum absolute atomic E-state index is 12.4. The molecule has 0 saturated heterocycles. The van der Waals surface area contributed by atoms with Gasteiger partial charge in [0.15, 0.2) is 12.4 Å². The zero-order chi connectivity index (χ0) is 19.7. The molecule has 1 aliphatic rings. The van der Waals surface area contributed by atoms with Crippen LogP contribution in [0.4, 0.5) is 5.69 Å². The Bertz CT molecular complexity index is 1070. The largest absolute Gasteiger partial charge is 0.453 e. The molecule has 0 fully saturated rings. The normalized spacial score (nSPS) is 15.0. The number of carbonyl (C=O) groups excluding carboxylic acids is 3. The molecule has 0 radical (unpaired) electrons. The minimum absolute atomic E-state index is 0.0977. The van der Waals surface area contributed by atoms with Crippen molar-refractivity contribution >= 4 is 23.3 Å². The van der Waals surface area contributed by atoms with Crippen LogP contribution in [0.3, 0.4) is 0 Å². The van der Waals surface area contributed by atoms with Crippen molar-refractivity contribution in [2.24, 2.45) is 0 Å². The van der Waals surface area contributed by atoms with Gasteiger partial charge in [-0.2, -0.15) is 5.10 Å². The van der Waals surface area contributed by atoms with Gasteiger partial charge in [0.25, 0.3) is 0 Å². The molecule has 7 heteroatoms. The Balaban J connectivity index is 1.41. The molecule has 0 spiro atoms.